The number of halogens is 1. The van der Waals surface area contributed by atoms with Crippen molar-refractivity contribution in [3.8, 4) is 5.75 Å². The first-order valence-electron chi connectivity index (χ1n) is 4.30. The van der Waals surface area contributed by atoms with Crippen molar-refractivity contribution in [2.24, 2.45) is 5.73 Å². The Labute approximate surface area is 82.3 Å². The molecule has 0 aliphatic rings. The van der Waals surface area contributed by atoms with Gasteiger partial charge in [0.1, 0.15) is 11.6 Å². The van der Waals surface area contributed by atoms with Crippen molar-refractivity contribution in [1.82, 2.24) is 0 Å². The zero-order chi connectivity index (χ0) is 10.7. The van der Waals surface area contributed by atoms with Gasteiger partial charge in [0.25, 0.3) is 0 Å². The molecule has 3 nitrogen and oxygen atoms in total. The van der Waals surface area contributed by atoms with E-state index in [2.05, 4.69) is 0 Å². The first-order valence-corrected chi connectivity index (χ1v) is 4.30. The van der Waals surface area contributed by atoms with Crippen LogP contribution in [-0.2, 0) is 0 Å². The number of aliphatic hydroxyl groups is 1. The average Bonchev–Trinajstić information content (AvgIpc) is 2.20. The summed E-state index contributed by atoms with van der Waals surface area (Å²) in [5.74, 6) is 0.0328. The third-order valence-corrected chi connectivity index (χ3v) is 2.11. The molecular weight excluding hydrogens is 185 g/mol. The Morgan fingerprint density at radius 2 is 2.21 bits per heavy atom. The van der Waals surface area contributed by atoms with Gasteiger partial charge in [0.15, 0.2) is 0 Å². The molecule has 0 heterocycles. The highest BCUT2D eigenvalue weighted by Gasteiger charge is 2.13. The molecule has 1 rings (SSSR count). The molecule has 1 aromatic carbocycles. The Morgan fingerprint density at radius 3 is 2.71 bits per heavy atom. The van der Waals surface area contributed by atoms with Gasteiger partial charge in [-0.1, -0.05) is 0 Å². The smallest absolute Gasteiger partial charge is 0.129 e. The molecule has 78 valence electrons. The molecule has 0 amide bonds. The Morgan fingerprint density at radius 1 is 1.57 bits per heavy atom. The molecule has 0 aliphatic carbocycles. The maximum Gasteiger partial charge on any atom is 0.129 e. The molecule has 1 aromatic rings. The van der Waals surface area contributed by atoms with Gasteiger partial charge in [-0.05, 0) is 18.6 Å². The van der Waals surface area contributed by atoms with E-state index in [4.69, 9.17) is 15.6 Å². The van der Waals surface area contributed by atoms with E-state index in [1.165, 1.54) is 13.2 Å². The second kappa shape index (κ2) is 4.39. The minimum absolute atomic E-state index is 0.193. The van der Waals surface area contributed by atoms with Gasteiger partial charge in [-0.25, -0.2) is 4.39 Å². The minimum Gasteiger partial charge on any atom is -0.496 e. The molecule has 0 saturated carbocycles. The van der Waals surface area contributed by atoms with E-state index in [1.54, 1.807) is 13.0 Å². The van der Waals surface area contributed by atoms with E-state index >= 15 is 0 Å². The molecule has 0 bridgehead atoms. The van der Waals surface area contributed by atoms with Gasteiger partial charge in [-0.2, -0.15) is 0 Å². The van der Waals surface area contributed by atoms with Crippen molar-refractivity contribution in [2.75, 3.05) is 13.7 Å². The number of benzene rings is 1. The summed E-state index contributed by atoms with van der Waals surface area (Å²) in [7, 11) is 1.44. The molecule has 0 aliphatic heterocycles. The van der Waals surface area contributed by atoms with Crippen LogP contribution in [0.5, 0.6) is 5.75 Å². The van der Waals surface area contributed by atoms with Gasteiger partial charge in [-0.15, -0.1) is 0 Å². The summed E-state index contributed by atoms with van der Waals surface area (Å²) in [6, 6.07) is 2.33. The van der Waals surface area contributed by atoms with Crippen LogP contribution in [0.25, 0.3) is 0 Å². The number of methoxy groups -OCH3 is 1. The molecule has 1 unspecified atom stereocenters. The molecular formula is C10H14FNO2. The van der Waals surface area contributed by atoms with E-state index in [9.17, 15) is 4.39 Å². The maximum absolute atomic E-state index is 13.1. The second-order valence-corrected chi connectivity index (χ2v) is 3.13. The monoisotopic (exact) mass is 199 g/mol. The zero-order valence-electron chi connectivity index (χ0n) is 8.25. The molecule has 0 spiro atoms. The topological polar surface area (TPSA) is 55.5 Å². The third-order valence-electron chi connectivity index (χ3n) is 2.11. The molecule has 0 saturated heterocycles. The summed E-state index contributed by atoms with van der Waals surface area (Å²) in [6.45, 7) is 1.45. The van der Waals surface area contributed by atoms with Gasteiger partial charge >= 0.3 is 0 Å². The summed E-state index contributed by atoms with van der Waals surface area (Å²) in [4.78, 5) is 0. The van der Waals surface area contributed by atoms with E-state index < -0.39 is 6.04 Å². The quantitative estimate of drug-likeness (QED) is 0.767. The molecule has 1 atom stereocenters. The van der Waals surface area contributed by atoms with Crippen LogP contribution < -0.4 is 10.5 Å². The van der Waals surface area contributed by atoms with Crippen molar-refractivity contribution in [3.63, 3.8) is 0 Å². The summed E-state index contributed by atoms with van der Waals surface area (Å²) >= 11 is 0. The van der Waals surface area contributed by atoms with Gasteiger partial charge < -0.3 is 15.6 Å². The number of nitrogens with two attached hydrogens (primary N) is 1. The van der Waals surface area contributed by atoms with E-state index in [0.29, 0.717) is 16.9 Å². The van der Waals surface area contributed by atoms with Crippen LogP contribution in [-0.4, -0.2) is 18.8 Å². The SMILES string of the molecule is COc1cc(F)c(C)cc1C(N)CO. The predicted molar refractivity (Wildman–Crippen MR) is 51.7 cm³/mol. The summed E-state index contributed by atoms with van der Waals surface area (Å²) in [5, 5.41) is 8.89. The Bertz CT molecular complexity index is 328. The van der Waals surface area contributed by atoms with E-state index in [-0.39, 0.29) is 12.4 Å². The lowest BCUT2D eigenvalue weighted by molar-refractivity contribution is 0.264. The number of rotatable bonds is 3. The van der Waals surface area contributed by atoms with Gasteiger partial charge in [0.05, 0.1) is 19.8 Å². The van der Waals surface area contributed by atoms with E-state index in [1.807, 2.05) is 0 Å². The van der Waals surface area contributed by atoms with Crippen LogP contribution in [0, 0.1) is 12.7 Å². The molecule has 14 heavy (non-hydrogen) atoms. The lowest BCUT2D eigenvalue weighted by Crippen LogP contribution is -2.16. The molecule has 4 heteroatoms. The van der Waals surface area contributed by atoms with Crippen molar-refractivity contribution in [1.29, 1.82) is 0 Å². The summed E-state index contributed by atoms with van der Waals surface area (Å²) in [5.41, 5.74) is 6.75. The van der Waals surface area contributed by atoms with Crippen LogP contribution >= 0.6 is 0 Å². The van der Waals surface area contributed by atoms with Crippen molar-refractivity contribution >= 4 is 0 Å². The maximum atomic E-state index is 13.1. The molecule has 0 radical (unpaired) electrons. The zero-order valence-corrected chi connectivity index (χ0v) is 8.25. The van der Waals surface area contributed by atoms with Gasteiger partial charge in [0, 0.05) is 11.6 Å². The van der Waals surface area contributed by atoms with Gasteiger partial charge in [0.2, 0.25) is 0 Å². The first-order chi connectivity index (χ1) is 6.60. The largest absolute Gasteiger partial charge is 0.496 e. The van der Waals surface area contributed by atoms with Crippen molar-refractivity contribution in [2.45, 2.75) is 13.0 Å². The first kappa shape index (κ1) is 10.9. The fourth-order valence-corrected chi connectivity index (χ4v) is 1.25. The number of aliphatic hydroxyl groups excluding tert-OH is 1. The third kappa shape index (κ3) is 2.02. The molecule has 3 N–H and O–H groups in total. The van der Waals surface area contributed by atoms with Crippen LogP contribution in [0.15, 0.2) is 12.1 Å². The molecule has 0 aromatic heterocycles. The Balaban J connectivity index is 3.19. The van der Waals surface area contributed by atoms with Crippen molar-refractivity contribution < 1.29 is 14.2 Å². The normalized spacial score (nSPS) is 12.6. The Hall–Kier alpha value is -1.13. The highest BCUT2D eigenvalue weighted by atomic mass is 19.1. The second-order valence-electron chi connectivity index (χ2n) is 3.13. The number of hydrogen-bond acceptors (Lipinski definition) is 3. The van der Waals surface area contributed by atoms with Crippen LogP contribution in [0.4, 0.5) is 4.39 Å². The fraction of sp³-hybridized carbons (Fsp3) is 0.400. The highest BCUT2D eigenvalue weighted by molar-refractivity contribution is 5.39. The van der Waals surface area contributed by atoms with Crippen LogP contribution in [0.3, 0.4) is 0 Å². The lowest BCUT2D eigenvalue weighted by atomic mass is 10.0. The summed E-state index contributed by atoms with van der Waals surface area (Å²) < 4.78 is 18.1. The highest BCUT2D eigenvalue weighted by Crippen LogP contribution is 2.26. The van der Waals surface area contributed by atoms with E-state index in [0.717, 1.165) is 0 Å². The van der Waals surface area contributed by atoms with Gasteiger partial charge in [-0.3, -0.25) is 0 Å². The average molecular weight is 199 g/mol. The van der Waals surface area contributed by atoms with Crippen LogP contribution in [0.1, 0.15) is 17.2 Å². The van der Waals surface area contributed by atoms with Crippen molar-refractivity contribution in [3.05, 3.63) is 29.1 Å². The predicted octanol–water partition coefficient (Wildman–Crippen LogP) is 1.13. The number of hydrogen-bond donors (Lipinski definition) is 2. The number of ether oxygens (including phenoxy) is 1. The fourth-order valence-electron chi connectivity index (χ4n) is 1.25. The number of aryl methyl sites for hydroxylation is 1. The lowest BCUT2D eigenvalue weighted by Gasteiger charge is -2.14. The van der Waals surface area contributed by atoms with Crippen LogP contribution in [0.2, 0.25) is 0 Å². The standard InChI is InChI=1S/C10H14FNO2/c1-6-3-7(9(12)5-13)10(14-2)4-8(6)11/h3-4,9,13H,5,12H2,1-2H3. The Kier molecular flexibility index (Phi) is 3.43. The minimum atomic E-state index is -0.538. The molecule has 0 fully saturated rings. The summed E-state index contributed by atoms with van der Waals surface area (Å²) in [6.07, 6.45) is 0.